The van der Waals surface area contributed by atoms with Crippen molar-refractivity contribution in [3.8, 4) is 0 Å². The van der Waals surface area contributed by atoms with Crippen molar-refractivity contribution in [1.29, 1.82) is 0 Å². The number of para-hydroxylation sites is 2. The van der Waals surface area contributed by atoms with Crippen molar-refractivity contribution < 1.29 is 4.42 Å². The number of rotatable bonds is 0. The van der Waals surface area contributed by atoms with Crippen LogP contribution in [0.1, 0.15) is 0 Å². The average molecular weight is 546 g/mol. The third kappa shape index (κ3) is 1.85. The zero-order chi connectivity index (χ0) is 22.1. The molecule has 0 aliphatic carbocycles. The summed E-state index contributed by atoms with van der Waals surface area (Å²) in [5.74, 6) is 0. The van der Waals surface area contributed by atoms with Gasteiger partial charge in [0.25, 0.3) is 0 Å². The summed E-state index contributed by atoms with van der Waals surface area (Å²) < 4.78 is 11.1. The maximum atomic E-state index is 6.27. The Bertz CT molecular complexity index is 2300. The van der Waals surface area contributed by atoms with Crippen molar-refractivity contribution in [3.05, 3.63) is 91.0 Å². The average Bonchev–Trinajstić information content (AvgIpc) is 3.48. The molecule has 0 radical (unpaired) electrons. The van der Waals surface area contributed by atoms with Crippen molar-refractivity contribution in [2.75, 3.05) is 0 Å². The summed E-state index contributed by atoms with van der Waals surface area (Å²) in [5.41, 5.74) is 8.11. The van der Waals surface area contributed by atoms with E-state index in [0.717, 1.165) is 11.2 Å². The molecule has 0 aliphatic rings. The topological polar surface area (TPSA) is 22.5 Å². The van der Waals surface area contributed by atoms with E-state index >= 15 is 0 Å². The van der Waals surface area contributed by atoms with Gasteiger partial charge >= 0.3 is 0 Å². The normalized spacial score (nSPS) is 12.9. The van der Waals surface area contributed by atoms with Crippen molar-refractivity contribution in [1.82, 2.24) is 7.18 Å². The zero-order valence-corrected chi connectivity index (χ0v) is 20.0. The lowest BCUT2D eigenvalue weighted by Crippen LogP contribution is -1.86. The molecule has 0 atom stereocenters. The van der Waals surface area contributed by atoms with Crippen molar-refractivity contribution in [3.63, 3.8) is 0 Å². The number of hydrogen-bond acceptors (Lipinski definition) is 1. The highest BCUT2D eigenvalue weighted by Gasteiger charge is 2.22. The Balaban J connectivity index is 1.74. The first-order valence-corrected chi connectivity index (χ1v) is 12.4. The molecule has 0 spiro atoms. The predicted octanol–water partition coefficient (Wildman–Crippen LogP) is 9.04. The van der Waals surface area contributed by atoms with Gasteiger partial charge < -0.3 is 8.82 Å². The highest BCUT2D eigenvalue weighted by molar-refractivity contribution is 14.1. The number of nitrogens with zero attached hydrogens (tertiary/aromatic N) is 2. The zero-order valence-electron chi connectivity index (χ0n) is 17.8. The second kappa shape index (κ2) is 5.83. The van der Waals surface area contributed by atoms with Gasteiger partial charge in [-0.05, 0) is 41.8 Å². The molecule has 9 aromatic rings. The van der Waals surface area contributed by atoms with Crippen LogP contribution in [-0.4, -0.2) is 7.18 Å². The maximum Gasteiger partial charge on any atom is 0.136 e. The Morgan fingerprint density at radius 2 is 1.12 bits per heavy atom. The van der Waals surface area contributed by atoms with Crippen LogP contribution in [0.4, 0.5) is 0 Å². The largest absolute Gasteiger partial charge is 0.456 e. The molecule has 0 aliphatic heterocycles. The fourth-order valence-electron chi connectivity index (χ4n) is 6.29. The summed E-state index contributed by atoms with van der Waals surface area (Å²) in [7, 11) is 0. The second-order valence-electron chi connectivity index (χ2n) is 9.12. The molecule has 0 N–H and O–H groups in total. The van der Waals surface area contributed by atoms with Gasteiger partial charge in [0, 0.05) is 37.7 Å². The molecule has 9 rings (SSSR count). The molecule has 3 nitrogen and oxygen atoms in total. The van der Waals surface area contributed by atoms with E-state index in [2.05, 4.69) is 115 Å². The van der Waals surface area contributed by atoms with Crippen LogP contribution < -0.4 is 0 Å². The molecule has 0 saturated carbocycles. The molecule has 0 bridgehead atoms. The van der Waals surface area contributed by atoms with Gasteiger partial charge in [0.2, 0.25) is 0 Å². The molecule has 0 unspecified atom stereocenters. The van der Waals surface area contributed by atoms with Gasteiger partial charge in [-0.1, -0.05) is 54.6 Å². The minimum atomic E-state index is 0.935. The first kappa shape index (κ1) is 17.7. The van der Waals surface area contributed by atoms with Gasteiger partial charge in [-0.25, -0.2) is 0 Å². The summed E-state index contributed by atoms with van der Waals surface area (Å²) in [6, 6.07) is 32.9. The van der Waals surface area contributed by atoms with E-state index in [9.17, 15) is 0 Å². The first-order valence-electron chi connectivity index (χ1n) is 11.4. The molecule has 34 heavy (non-hydrogen) atoms. The van der Waals surface area contributed by atoms with Gasteiger partial charge in [-0.2, -0.15) is 0 Å². The van der Waals surface area contributed by atoms with Crippen LogP contribution in [0.25, 0.3) is 81.8 Å². The van der Waals surface area contributed by atoms with E-state index in [-0.39, 0.29) is 0 Å². The number of furan rings is 1. The van der Waals surface area contributed by atoms with Crippen LogP contribution in [-0.2, 0) is 0 Å². The van der Waals surface area contributed by atoms with Gasteiger partial charge in [0.05, 0.1) is 50.4 Å². The number of hydrogen-bond donors (Lipinski definition) is 0. The van der Waals surface area contributed by atoms with Crippen LogP contribution in [0.3, 0.4) is 0 Å². The molecule has 4 aromatic heterocycles. The maximum absolute atomic E-state index is 6.27. The Kier molecular flexibility index (Phi) is 3.03. The lowest BCUT2D eigenvalue weighted by molar-refractivity contribution is 0.669. The van der Waals surface area contributed by atoms with E-state index in [4.69, 9.17) is 4.42 Å². The summed E-state index contributed by atoms with van der Waals surface area (Å²) in [6.45, 7) is 0. The third-order valence-electron chi connectivity index (χ3n) is 7.56. The quantitative estimate of drug-likeness (QED) is 0.174. The van der Waals surface area contributed by atoms with Crippen LogP contribution >= 0.6 is 22.9 Å². The summed E-state index contributed by atoms with van der Waals surface area (Å²) >= 11 is 2.44. The lowest BCUT2D eigenvalue weighted by atomic mass is 10.0. The van der Waals surface area contributed by atoms with Crippen molar-refractivity contribution in [2.45, 2.75) is 0 Å². The molecular weight excluding hydrogens is 531 g/mol. The standard InChI is InChI=1S/C30H15IN2O/c31-33-22-11-4-7-16-17-8-3-9-19-27-21(14-15-25-28(27)18-6-1-2-13-24(18)34-25)32(30(17)19)20-10-5-12-23(33)29(20)26(16)22/h1-15H. The Labute approximate surface area is 206 Å². The van der Waals surface area contributed by atoms with E-state index in [1.807, 2.05) is 6.07 Å². The SMILES string of the molecule is In1c2cccc3c4cccc5c6c7c(ccc6n(c6cccc1c6c32)c45)oc1ccccc17. The Morgan fingerprint density at radius 3 is 2.06 bits per heavy atom. The van der Waals surface area contributed by atoms with E-state index < -0.39 is 0 Å². The molecule has 0 amide bonds. The monoisotopic (exact) mass is 546 g/mol. The van der Waals surface area contributed by atoms with Crippen molar-refractivity contribution >= 4 is 105 Å². The first-order chi connectivity index (χ1) is 16.8. The molecule has 0 saturated heterocycles. The van der Waals surface area contributed by atoms with Crippen LogP contribution in [0.2, 0.25) is 0 Å². The molecule has 4 heterocycles. The lowest BCUT2D eigenvalue weighted by Gasteiger charge is -2.02. The molecule has 0 fully saturated rings. The summed E-state index contributed by atoms with van der Waals surface area (Å²) in [4.78, 5) is 0. The van der Waals surface area contributed by atoms with Crippen LogP contribution in [0, 0.1) is 0 Å². The summed E-state index contributed by atoms with van der Waals surface area (Å²) in [6.07, 6.45) is 0. The smallest absolute Gasteiger partial charge is 0.136 e. The molecule has 4 heteroatoms. The summed E-state index contributed by atoms with van der Waals surface area (Å²) in [5, 5.41) is 10.1. The van der Waals surface area contributed by atoms with Gasteiger partial charge in [-0.15, -0.1) is 0 Å². The fraction of sp³-hybridized carbons (Fsp3) is 0. The Hall–Kier alpha value is -3.77. The predicted molar refractivity (Wildman–Crippen MR) is 151 cm³/mol. The van der Waals surface area contributed by atoms with E-state index in [1.54, 1.807) is 0 Å². The van der Waals surface area contributed by atoms with E-state index in [0.29, 0.717) is 0 Å². The number of benzene rings is 5. The van der Waals surface area contributed by atoms with Crippen LogP contribution in [0.15, 0.2) is 95.4 Å². The highest BCUT2D eigenvalue weighted by Crippen LogP contribution is 2.46. The minimum Gasteiger partial charge on any atom is -0.456 e. The molecule has 5 aromatic carbocycles. The third-order valence-corrected chi connectivity index (χ3v) is 8.60. The fourth-order valence-corrected chi connectivity index (χ4v) is 7.10. The molecule has 158 valence electrons. The van der Waals surface area contributed by atoms with Gasteiger partial charge in [-0.3, -0.25) is 2.78 Å². The van der Waals surface area contributed by atoms with Gasteiger partial charge in [0.1, 0.15) is 11.2 Å². The van der Waals surface area contributed by atoms with E-state index in [1.165, 1.54) is 70.7 Å². The van der Waals surface area contributed by atoms with Crippen molar-refractivity contribution in [2.24, 2.45) is 0 Å². The second-order valence-corrected chi connectivity index (χ2v) is 10.1. The highest BCUT2D eigenvalue weighted by atomic mass is 127. The number of aromatic nitrogens is 2. The Morgan fingerprint density at radius 1 is 0.471 bits per heavy atom. The van der Waals surface area contributed by atoms with Crippen LogP contribution in [0.5, 0.6) is 0 Å². The number of halogens is 1. The van der Waals surface area contributed by atoms with Gasteiger partial charge in [0.15, 0.2) is 0 Å². The minimum absolute atomic E-state index is 0.935. The molecular formula is C30H15IN2O. The number of fused-ring (bicyclic) bond motifs is 9.